The smallest absolute Gasteiger partial charge is 0.0361 e. The summed E-state index contributed by atoms with van der Waals surface area (Å²) in [5.41, 5.74) is 3.95. The highest BCUT2D eigenvalue weighted by molar-refractivity contribution is 5.85. The average molecular weight is 355 g/mol. The van der Waals surface area contributed by atoms with E-state index in [1.165, 1.54) is 29.7 Å². The maximum absolute atomic E-state index is 3.69. The molecule has 0 bridgehead atoms. The van der Waals surface area contributed by atoms with Crippen molar-refractivity contribution in [3.05, 3.63) is 65.7 Å². The molecule has 0 radical (unpaired) electrons. The van der Waals surface area contributed by atoms with Crippen molar-refractivity contribution in [3.63, 3.8) is 0 Å². The van der Waals surface area contributed by atoms with E-state index < -0.39 is 0 Å². The fourth-order valence-corrected chi connectivity index (χ4v) is 2.51. The van der Waals surface area contributed by atoms with Gasteiger partial charge < -0.3 is 10.2 Å². The topological polar surface area (TPSA) is 15.3 Å². The molecule has 0 spiro atoms. The molecule has 0 aromatic heterocycles. The Hall–Kier alpha value is -1.22. The number of nitrogens with zero attached hydrogens (tertiary/aromatic N) is 1. The molecule has 2 rings (SSSR count). The van der Waals surface area contributed by atoms with Crippen LogP contribution in [0.2, 0.25) is 0 Å². The zero-order valence-electron chi connectivity index (χ0n) is 14.2. The van der Waals surface area contributed by atoms with Crippen molar-refractivity contribution < 1.29 is 0 Å². The quantitative estimate of drug-likeness (QED) is 0.732. The van der Waals surface area contributed by atoms with Crippen molar-refractivity contribution in [1.29, 1.82) is 0 Å². The molecule has 0 aliphatic rings. The van der Waals surface area contributed by atoms with Gasteiger partial charge in [0.05, 0.1) is 0 Å². The molecule has 0 fully saturated rings. The number of nitrogens with one attached hydrogen (secondary N) is 1. The van der Waals surface area contributed by atoms with E-state index in [9.17, 15) is 0 Å². The van der Waals surface area contributed by atoms with Crippen LogP contribution in [0.5, 0.6) is 0 Å². The molecule has 0 amide bonds. The van der Waals surface area contributed by atoms with E-state index in [1.54, 1.807) is 0 Å². The van der Waals surface area contributed by atoms with Crippen LogP contribution in [0, 0.1) is 0 Å². The molecule has 0 saturated carbocycles. The molecule has 0 saturated heterocycles. The standard InChI is InChI=1S/C19H26N2.2ClH/c1-4-8-19(17-9-6-5-7-10-17)20-15-16-11-13-18(14-12-16)21(2)3;;/h5-7,9-14,19-20H,4,8,15H2,1-3H3;2*1H. The van der Waals surface area contributed by atoms with Gasteiger partial charge in [-0.05, 0) is 29.7 Å². The zero-order chi connectivity index (χ0) is 15.1. The van der Waals surface area contributed by atoms with Gasteiger partial charge in [-0.1, -0.05) is 55.8 Å². The van der Waals surface area contributed by atoms with Crippen LogP contribution in [0.4, 0.5) is 5.69 Å². The van der Waals surface area contributed by atoms with Crippen LogP contribution in [0.1, 0.15) is 36.9 Å². The van der Waals surface area contributed by atoms with Crippen LogP contribution >= 0.6 is 24.8 Å². The van der Waals surface area contributed by atoms with Gasteiger partial charge in [0.1, 0.15) is 0 Å². The summed E-state index contributed by atoms with van der Waals surface area (Å²) in [6.07, 6.45) is 2.35. The van der Waals surface area contributed by atoms with Crippen molar-refractivity contribution in [2.24, 2.45) is 0 Å². The molecule has 1 unspecified atom stereocenters. The molecular weight excluding hydrogens is 327 g/mol. The molecule has 2 aromatic rings. The molecule has 128 valence electrons. The monoisotopic (exact) mass is 354 g/mol. The van der Waals surface area contributed by atoms with Crippen LogP contribution in [-0.2, 0) is 6.54 Å². The first-order valence-electron chi connectivity index (χ1n) is 7.75. The van der Waals surface area contributed by atoms with Gasteiger partial charge in [-0.15, -0.1) is 24.8 Å². The van der Waals surface area contributed by atoms with Crippen LogP contribution < -0.4 is 10.2 Å². The summed E-state index contributed by atoms with van der Waals surface area (Å²) < 4.78 is 0. The number of anilines is 1. The van der Waals surface area contributed by atoms with Gasteiger partial charge in [0, 0.05) is 32.4 Å². The largest absolute Gasteiger partial charge is 0.378 e. The second-order valence-corrected chi connectivity index (χ2v) is 5.69. The van der Waals surface area contributed by atoms with Crippen molar-refractivity contribution in [2.45, 2.75) is 32.4 Å². The van der Waals surface area contributed by atoms with E-state index in [4.69, 9.17) is 0 Å². The summed E-state index contributed by atoms with van der Waals surface area (Å²) in [6.45, 7) is 3.15. The highest BCUT2D eigenvalue weighted by atomic mass is 35.5. The molecule has 23 heavy (non-hydrogen) atoms. The van der Waals surface area contributed by atoms with Gasteiger partial charge in [0.15, 0.2) is 0 Å². The van der Waals surface area contributed by atoms with E-state index in [0.717, 1.165) is 6.54 Å². The Kier molecular flexibility index (Phi) is 10.7. The minimum Gasteiger partial charge on any atom is -0.378 e. The SMILES string of the molecule is CCCC(NCc1ccc(N(C)C)cc1)c1ccccc1.Cl.Cl. The van der Waals surface area contributed by atoms with Gasteiger partial charge in [-0.25, -0.2) is 0 Å². The predicted molar refractivity (Wildman–Crippen MR) is 106 cm³/mol. The highest BCUT2D eigenvalue weighted by Crippen LogP contribution is 2.19. The zero-order valence-corrected chi connectivity index (χ0v) is 15.8. The average Bonchev–Trinajstić information content (AvgIpc) is 2.52. The first-order chi connectivity index (χ1) is 10.2. The molecule has 1 N–H and O–H groups in total. The maximum atomic E-state index is 3.69. The molecular formula is C19H28Cl2N2. The normalized spacial score (nSPS) is 11.1. The minimum absolute atomic E-state index is 0. The molecule has 2 aromatic carbocycles. The highest BCUT2D eigenvalue weighted by Gasteiger charge is 2.09. The lowest BCUT2D eigenvalue weighted by Gasteiger charge is -2.19. The summed E-state index contributed by atoms with van der Waals surface area (Å²) in [6, 6.07) is 19.9. The minimum atomic E-state index is 0. The van der Waals surface area contributed by atoms with Crippen molar-refractivity contribution in [1.82, 2.24) is 5.32 Å². The Balaban J connectivity index is 0.00000242. The van der Waals surface area contributed by atoms with Crippen LogP contribution in [0.25, 0.3) is 0 Å². The van der Waals surface area contributed by atoms with E-state index >= 15 is 0 Å². The Bertz CT molecular complexity index is 527. The van der Waals surface area contributed by atoms with Gasteiger partial charge in [0.25, 0.3) is 0 Å². The van der Waals surface area contributed by atoms with Crippen LogP contribution in [0.3, 0.4) is 0 Å². The van der Waals surface area contributed by atoms with E-state index in [-0.39, 0.29) is 24.8 Å². The fourth-order valence-electron chi connectivity index (χ4n) is 2.51. The molecule has 0 aliphatic heterocycles. The second-order valence-electron chi connectivity index (χ2n) is 5.69. The summed E-state index contributed by atoms with van der Waals surface area (Å²) in [4.78, 5) is 2.13. The maximum Gasteiger partial charge on any atom is 0.0361 e. The summed E-state index contributed by atoms with van der Waals surface area (Å²) in [7, 11) is 4.14. The Morgan fingerprint density at radius 3 is 2.04 bits per heavy atom. The number of hydrogen-bond donors (Lipinski definition) is 1. The van der Waals surface area contributed by atoms with Crippen molar-refractivity contribution in [2.75, 3.05) is 19.0 Å². The number of hydrogen-bond acceptors (Lipinski definition) is 2. The fraction of sp³-hybridized carbons (Fsp3) is 0.368. The van der Waals surface area contributed by atoms with Crippen molar-refractivity contribution in [3.8, 4) is 0 Å². The number of rotatable bonds is 7. The molecule has 1 atom stereocenters. The van der Waals surface area contributed by atoms with Crippen molar-refractivity contribution >= 4 is 30.5 Å². The number of halogens is 2. The van der Waals surface area contributed by atoms with Gasteiger partial charge in [0.2, 0.25) is 0 Å². The van der Waals surface area contributed by atoms with Gasteiger partial charge in [-0.3, -0.25) is 0 Å². The van der Waals surface area contributed by atoms with E-state index in [1.807, 2.05) is 0 Å². The van der Waals surface area contributed by atoms with Gasteiger partial charge in [-0.2, -0.15) is 0 Å². The van der Waals surface area contributed by atoms with Crippen LogP contribution in [-0.4, -0.2) is 14.1 Å². The lowest BCUT2D eigenvalue weighted by molar-refractivity contribution is 0.493. The Labute approximate surface area is 153 Å². The van der Waals surface area contributed by atoms with E-state index in [0.29, 0.717) is 6.04 Å². The number of benzene rings is 2. The second kappa shape index (κ2) is 11.3. The molecule has 2 nitrogen and oxygen atoms in total. The van der Waals surface area contributed by atoms with Gasteiger partial charge >= 0.3 is 0 Å². The third-order valence-electron chi connectivity index (χ3n) is 3.78. The molecule has 0 heterocycles. The lowest BCUT2D eigenvalue weighted by atomic mass is 10.0. The first kappa shape index (κ1) is 21.8. The predicted octanol–water partition coefficient (Wildman–Crippen LogP) is 5.23. The van der Waals surface area contributed by atoms with Crippen LogP contribution in [0.15, 0.2) is 54.6 Å². The summed E-state index contributed by atoms with van der Waals surface area (Å²) in [5.74, 6) is 0. The molecule has 0 aliphatic carbocycles. The Morgan fingerprint density at radius 2 is 1.52 bits per heavy atom. The Morgan fingerprint density at radius 1 is 0.913 bits per heavy atom. The summed E-state index contributed by atoms with van der Waals surface area (Å²) >= 11 is 0. The first-order valence-corrected chi connectivity index (χ1v) is 7.75. The third kappa shape index (κ3) is 6.82. The third-order valence-corrected chi connectivity index (χ3v) is 3.78. The molecule has 4 heteroatoms. The lowest BCUT2D eigenvalue weighted by Crippen LogP contribution is -2.20. The summed E-state index contributed by atoms with van der Waals surface area (Å²) in [5, 5.41) is 3.69. The van der Waals surface area contributed by atoms with E-state index in [2.05, 4.69) is 85.8 Å².